The molecule has 0 aromatic heterocycles. The van der Waals surface area contributed by atoms with E-state index in [1.54, 1.807) is 6.07 Å². The van der Waals surface area contributed by atoms with E-state index >= 15 is 0 Å². The lowest BCUT2D eigenvalue weighted by Crippen LogP contribution is -2.46. The fraction of sp³-hybridized carbons (Fsp3) is 0.538. The summed E-state index contributed by atoms with van der Waals surface area (Å²) >= 11 is 0. The van der Waals surface area contributed by atoms with Crippen LogP contribution in [0.1, 0.15) is 0 Å². The van der Waals surface area contributed by atoms with Crippen molar-refractivity contribution in [3.63, 3.8) is 0 Å². The Kier molecular flexibility index (Phi) is 4.03. The molecule has 1 aromatic rings. The maximum Gasteiger partial charge on any atom is 0.243 e. The topological polar surface area (TPSA) is 85.3 Å². The molecule has 1 saturated heterocycles. The first-order chi connectivity index (χ1) is 10.1. The van der Waals surface area contributed by atoms with Crippen LogP contribution in [0.3, 0.4) is 0 Å². The zero-order valence-corrected chi connectivity index (χ0v) is 12.2. The molecule has 7 nitrogen and oxygen atoms in total. The molecule has 1 aromatic carbocycles. The minimum Gasteiger partial charge on any atom is -0.486 e. The molecule has 21 heavy (non-hydrogen) atoms. The highest BCUT2D eigenvalue weighted by molar-refractivity contribution is 7.89. The number of fused-ring (bicyclic) bond motifs is 1. The lowest BCUT2D eigenvalue weighted by molar-refractivity contribution is -0.0304. The van der Waals surface area contributed by atoms with Gasteiger partial charge in [0, 0.05) is 19.2 Å². The van der Waals surface area contributed by atoms with E-state index in [0.29, 0.717) is 24.7 Å². The number of aliphatic hydroxyl groups excluding tert-OH is 1. The van der Waals surface area contributed by atoms with Gasteiger partial charge in [-0.3, -0.25) is 0 Å². The summed E-state index contributed by atoms with van der Waals surface area (Å²) in [7, 11) is -3.63. The van der Waals surface area contributed by atoms with Crippen molar-refractivity contribution in [2.24, 2.45) is 0 Å². The predicted octanol–water partition coefficient (Wildman–Crippen LogP) is -0.160. The van der Waals surface area contributed by atoms with Gasteiger partial charge < -0.3 is 19.3 Å². The van der Waals surface area contributed by atoms with Crippen molar-refractivity contribution in [2.45, 2.75) is 11.0 Å². The normalized spacial score (nSPS) is 23.0. The molecule has 2 aliphatic rings. The molecule has 0 spiro atoms. The van der Waals surface area contributed by atoms with Crippen LogP contribution in [-0.4, -0.2) is 63.5 Å². The number of rotatable bonds is 3. The van der Waals surface area contributed by atoms with Gasteiger partial charge in [0.2, 0.25) is 10.0 Å². The zero-order valence-electron chi connectivity index (χ0n) is 11.4. The van der Waals surface area contributed by atoms with Crippen molar-refractivity contribution in [1.29, 1.82) is 0 Å². The summed E-state index contributed by atoms with van der Waals surface area (Å²) in [6, 6.07) is 4.59. The molecule has 0 saturated carbocycles. The molecule has 1 N–H and O–H groups in total. The van der Waals surface area contributed by atoms with Crippen LogP contribution in [-0.2, 0) is 14.8 Å². The molecule has 116 valence electrons. The number of hydrogen-bond acceptors (Lipinski definition) is 6. The highest BCUT2D eigenvalue weighted by Crippen LogP contribution is 2.33. The number of benzene rings is 1. The summed E-state index contributed by atoms with van der Waals surface area (Å²) < 4.78 is 42.7. The predicted molar refractivity (Wildman–Crippen MR) is 73.0 cm³/mol. The fourth-order valence-electron chi connectivity index (χ4n) is 2.35. The Balaban J connectivity index is 1.87. The standard InChI is InChI=1S/C13H17NO6S/c15-9-10-8-14(3-4-18-10)21(16,17)11-1-2-12-13(7-11)20-6-5-19-12/h1-2,7,10,15H,3-6,8-9H2. The van der Waals surface area contributed by atoms with E-state index in [1.165, 1.54) is 16.4 Å². The van der Waals surface area contributed by atoms with Crippen LogP contribution in [0.25, 0.3) is 0 Å². The van der Waals surface area contributed by atoms with E-state index in [4.69, 9.17) is 19.3 Å². The quantitative estimate of drug-likeness (QED) is 0.834. The molecule has 8 heteroatoms. The Morgan fingerprint density at radius 1 is 1.19 bits per heavy atom. The van der Waals surface area contributed by atoms with Gasteiger partial charge in [-0.15, -0.1) is 0 Å². The average molecular weight is 315 g/mol. The summed E-state index contributed by atoms with van der Waals surface area (Å²) in [6.45, 7) is 1.35. The van der Waals surface area contributed by atoms with Crippen molar-refractivity contribution in [3.8, 4) is 11.5 Å². The number of morpholine rings is 1. The number of nitrogens with zero attached hydrogens (tertiary/aromatic N) is 1. The molecule has 2 aliphatic heterocycles. The first-order valence-corrected chi connectivity index (χ1v) is 8.17. The van der Waals surface area contributed by atoms with Gasteiger partial charge in [0.1, 0.15) is 13.2 Å². The number of hydrogen-bond donors (Lipinski definition) is 1. The molecule has 0 radical (unpaired) electrons. The Morgan fingerprint density at radius 3 is 2.71 bits per heavy atom. The van der Waals surface area contributed by atoms with Crippen molar-refractivity contribution in [2.75, 3.05) is 39.5 Å². The van der Waals surface area contributed by atoms with Crippen LogP contribution in [0.2, 0.25) is 0 Å². The minimum atomic E-state index is -3.63. The van der Waals surface area contributed by atoms with Crippen molar-refractivity contribution >= 4 is 10.0 Å². The minimum absolute atomic E-state index is 0.146. The maximum atomic E-state index is 12.6. The SMILES string of the molecule is O=S(=O)(c1ccc2c(c1)OCCO2)N1CCOC(CO)C1. The Bertz CT molecular complexity index is 617. The van der Waals surface area contributed by atoms with Crippen LogP contribution < -0.4 is 9.47 Å². The molecule has 1 atom stereocenters. The van der Waals surface area contributed by atoms with Gasteiger partial charge in [0.15, 0.2) is 11.5 Å². The summed E-state index contributed by atoms with van der Waals surface area (Å²) in [5.74, 6) is 0.990. The molecule has 1 fully saturated rings. The monoisotopic (exact) mass is 315 g/mol. The summed E-state index contributed by atoms with van der Waals surface area (Å²) in [5, 5.41) is 9.12. The third kappa shape index (κ3) is 2.84. The number of ether oxygens (including phenoxy) is 3. The van der Waals surface area contributed by atoms with Crippen LogP contribution >= 0.6 is 0 Å². The highest BCUT2D eigenvalue weighted by atomic mass is 32.2. The first-order valence-electron chi connectivity index (χ1n) is 6.73. The van der Waals surface area contributed by atoms with Crippen LogP contribution in [0.15, 0.2) is 23.1 Å². The molecule has 2 heterocycles. The Labute approximate surface area is 123 Å². The fourth-order valence-corrected chi connectivity index (χ4v) is 3.83. The van der Waals surface area contributed by atoms with Gasteiger partial charge in [0.25, 0.3) is 0 Å². The van der Waals surface area contributed by atoms with Crippen LogP contribution in [0.5, 0.6) is 11.5 Å². The third-order valence-electron chi connectivity index (χ3n) is 3.46. The zero-order chi connectivity index (χ0) is 14.9. The lowest BCUT2D eigenvalue weighted by atomic mass is 10.3. The van der Waals surface area contributed by atoms with Crippen molar-refractivity contribution < 1.29 is 27.7 Å². The average Bonchev–Trinajstić information content (AvgIpc) is 2.54. The molecular weight excluding hydrogens is 298 g/mol. The van der Waals surface area contributed by atoms with Gasteiger partial charge in [-0.05, 0) is 12.1 Å². The van der Waals surface area contributed by atoms with E-state index in [1.807, 2.05) is 0 Å². The van der Waals surface area contributed by atoms with Crippen molar-refractivity contribution in [3.05, 3.63) is 18.2 Å². The second-order valence-corrected chi connectivity index (χ2v) is 6.78. The van der Waals surface area contributed by atoms with Crippen LogP contribution in [0, 0.1) is 0 Å². The second kappa shape index (κ2) is 5.80. The molecule has 1 unspecified atom stereocenters. The maximum absolute atomic E-state index is 12.6. The Hall–Kier alpha value is -1.35. The van der Waals surface area contributed by atoms with E-state index in [9.17, 15) is 8.42 Å². The van der Waals surface area contributed by atoms with E-state index in [-0.39, 0.29) is 31.2 Å². The van der Waals surface area contributed by atoms with E-state index in [0.717, 1.165) is 0 Å². The second-order valence-electron chi connectivity index (χ2n) is 4.84. The van der Waals surface area contributed by atoms with Gasteiger partial charge >= 0.3 is 0 Å². The summed E-state index contributed by atoms with van der Waals surface area (Å²) in [6.07, 6.45) is -0.481. The number of aliphatic hydroxyl groups is 1. The number of sulfonamides is 1. The molecular formula is C13H17NO6S. The van der Waals surface area contributed by atoms with E-state index < -0.39 is 16.1 Å². The first kappa shape index (κ1) is 14.6. The van der Waals surface area contributed by atoms with Gasteiger partial charge in [-0.2, -0.15) is 4.31 Å². The van der Waals surface area contributed by atoms with Gasteiger partial charge in [0.05, 0.1) is 24.2 Å². The third-order valence-corrected chi connectivity index (χ3v) is 5.32. The van der Waals surface area contributed by atoms with Gasteiger partial charge in [-0.1, -0.05) is 0 Å². The largest absolute Gasteiger partial charge is 0.486 e. The van der Waals surface area contributed by atoms with Gasteiger partial charge in [-0.25, -0.2) is 8.42 Å². The Morgan fingerprint density at radius 2 is 1.95 bits per heavy atom. The van der Waals surface area contributed by atoms with E-state index in [2.05, 4.69) is 0 Å². The lowest BCUT2D eigenvalue weighted by Gasteiger charge is -2.31. The highest BCUT2D eigenvalue weighted by Gasteiger charge is 2.31. The smallest absolute Gasteiger partial charge is 0.243 e. The van der Waals surface area contributed by atoms with Crippen molar-refractivity contribution in [1.82, 2.24) is 4.31 Å². The summed E-state index contributed by atoms with van der Waals surface area (Å²) in [5.41, 5.74) is 0. The molecule has 0 bridgehead atoms. The molecule has 3 rings (SSSR count). The summed E-state index contributed by atoms with van der Waals surface area (Å²) in [4.78, 5) is 0.158. The van der Waals surface area contributed by atoms with Crippen LogP contribution in [0.4, 0.5) is 0 Å². The molecule has 0 aliphatic carbocycles. The molecule has 0 amide bonds.